The standard InChI is InChI=1S/C18H35/c1-3-5-7-9-11-13-15-17-18-16-14-12-10-8-6-4-2/h7,17-18H,3-6,8-16H2,1-2H3/b18-17-. The molecule has 0 aliphatic rings. The van der Waals surface area contributed by atoms with E-state index in [1.54, 1.807) is 0 Å². The van der Waals surface area contributed by atoms with Crippen LogP contribution < -0.4 is 0 Å². The first-order chi connectivity index (χ1) is 8.91. The average Bonchev–Trinajstić information content (AvgIpc) is 2.39. The highest BCUT2D eigenvalue weighted by Gasteiger charge is 1.89. The number of unbranched alkanes of at least 4 members (excludes halogenated alkanes) is 12. The zero-order valence-corrected chi connectivity index (χ0v) is 12.9. The maximum Gasteiger partial charge on any atom is -0.0351 e. The summed E-state index contributed by atoms with van der Waals surface area (Å²) in [4.78, 5) is 0. The Morgan fingerprint density at radius 2 is 1.06 bits per heavy atom. The fraction of sp³-hybridized carbons (Fsp3) is 0.833. The highest BCUT2D eigenvalue weighted by atomic mass is 14.0. The number of hydrogen-bond donors (Lipinski definition) is 0. The summed E-state index contributed by atoms with van der Waals surface area (Å²) in [5, 5.41) is 0. The highest BCUT2D eigenvalue weighted by Crippen LogP contribution is 2.09. The van der Waals surface area contributed by atoms with Crippen molar-refractivity contribution in [3.05, 3.63) is 18.6 Å². The third-order valence-corrected chi connectivity index (χ3v) is 3.41. The van der Waals surface area contributed by atoms with Crippen LogP contribution in [0.1, 0.15) is 97.3 Å². The molecule has 0 amide bonds. The van der Waals surface area contributed by atoms with Crippen LogP contribution in [0.2, 0.25) is 0 Å². The molecule has 0 unspecified atom stereocenters. The Labute approximate surface area is 116 Å². The molecule has 0 aliphatic carbocycles. The highest BCUT2D eigenvalue weighted by molar-refractivity contribution is 4.81. The number of rotatable bonds is 14. The minimum atomic E-state index is 1.29. The Hall–Kier alpha value is -0.260. The van der Waals surface area contributed by atoms with E-state index in [-0.39, 0.29) is 0 Å². The maximum atomic E-state index is 2.44. The monoisotopic (exact) mass is 251 g/mol. The van der Waals surface area contributed by atoms with Gasteiger partial charge in [0.25, 0.3) is 0 Å². The SMILES string of the molecule is CCC[CH]CCCC/C=C\CCCCCCCC. The maximum absolute atomic E-state index is 2.44. The average molecular weight is 251 g/mol. The molecule has 0 rings (SSSR count). The van der Waals surface area contributed by atoms with E-state index in [0.29, 0.717) is 0 Å². The van der Waals surface area contributed by atoms with Crippen LogP contribution in [0, 0.1) is 6.42 Å². The second-order valence-corrected chi connectivity index (χ2v) is 5.39. The lowest BCUT2D eigenvalue weighted by atomic mass is 10.1. The summed E-state index contributed by atoms with van der Waals surface area (Å²) in [5.74, 6) is 0. The summed E-state index contributed by atoms with van der Waals surface area (Å²) in [6.45, 7) is 4.53. The Balaban J connectivity index is 3.00. The molecule has 0 fully saturated rings. The summed E-state index contributed by atoms with van der Waals surface area (Å²) < 4.78 is 0. The molecule has 0 N–H and O–H groups in total. The van der Waals surface area contributed by atoms with Gasteiger partial charge in [0, 0.05) is 0 Å². The lowest BCUT2D eigenvalue weighted by Gasteiger charge is -1.98. The molecule has 0 aromatic heterocycles. The van der Waals surface area contributed by atoms with Gasteiger partial charge in [0.2, 0.25) is 0 Å². The molecule has 0 spiro atoms. The quantitative estimate of drug-likeness (QED) is 0.234. The van der Waals surface area contributed by atoms with E-state index in [1.807, 2.05) is 0 Å². The van der Waals surface area contributed by atoms with Crippen molar-refractivity contribution < 1.29 is 0 Å². The van der Waals surface area contributed by atoms with Gasteiger partial charge in [-0.15, -0.1) is 0 Å². The van der Waals surface area contributed by atoms with Crippen molar-refractivity contribution in [2.24, 2.45) is 0 Å². The zero-order chi connectivity index (χ0) is 13.3. The first-order valence-corrected chi connectivity index (χ1v) is 8.38. The minimum absolute atomic E-state index is 1.29. The topological polar surface area (TPSA) is 0 Å². The summed E-state index contributed by atoms with van der Waals surface area (Å²) in [7, 11) is 0. The zero-order valence-electron chi connectivity index (χ0n) is 12.9. The van der Waals surface area contributed by atoms with Crippen molar-refractivity contribution in [3.8, 4) is 0 Å². The van der Waals surface area contributed by atoms with E-state index < -0.39 is 0 Å². The number of allylic oxidation sites excluding steroid dienone is 2. The predicted octanol–water partition coefficient (Wildman–Crippen LogP) is 6.86. The van der Waals surface area contributed by atoms with E-state index in [0.717, 1.165) is 0 Å². The van der Waals surface area contributed by atoms with Gasteiger partial charge in [0.15, 0.2) is 0 Å². The van der Waals surface area contributed by atoms with Crippen LogP contribution in [0.3, 0.4) is 0 Å². The van der Waals surface area contributed by atoms with E-state index in [2.05, 4.69) is 32.4 Å². The number of hydrogen-bond acceptors (Lipinski definition) is 0. The van der Waals surface area contributed by atoms with Gasteiger partial charge in [0.05, 0.1) is 0 Å². The van der Waals surface area contributed by atoms with Crippen molar-refractivity contribution in [1.29, 1.82) is 0 Å². The van der Waals surface area contributed by atoms with Crippen molar-refractivity contribution in [2.45, 2.75) is 97.3 Å². The Kier molecular flexibility index (Phi) is 16.5. The molecular formula is C18H35. The Bertz CT molecular complexity index is 139. The molecule has 0 atom stereocenters. The van der Waals surface area contributed by atoms with Crippen LogP contribution in [0.5, 0.6) is 0 Å². The van der Waals surface area contributed by atoms with Crippen LogP contribution in [0.25, 0.3) is 0 Å². The van der Waals surface area contributed by atoms with Crippen LogP contribution in [0.4, 0.5) is 0 Å². The van der Waals surface area contributed by atoms with Gasteiger partial charge in [-0.1, -0.05) is 83.8 Å². The lowest BCUT2D eigenvalue weighted by molar-refractivity contribution is 0.611. The molecule has 107 valence electrons. The smallest absolute Gasteiger partial charge is 0.0351 e. The van der Waals surface area contributed by atoms with Gasteiger partial charge in [-0.05, 0) is 32.1 Å². The van der Waals surface area contributed by atoms with Crippen molar-refractivity contribution in [3.63, 3.8) is 0 Å². The van der Waals surface area contributed by atoms with Gasteiger partial charge in [-0.3, -0.25) is 0 Å². The second-order valence-electron chi connectivity index (χ2n) is 5.39. The van der Waals surface area contributed by atoms with Crippen molar-refractivity contribution in [2.75, 3.05) is 0 Å². The van der Waals surface area contributed by atoms with E-state index in [4.69, 9.17) is 0 Å². The van der Waals surface area contributed by atoms with E-state index in [9.17, 15) is 0 Å². The van der Waals surface area contributed by atoms with Crippen molar-refractivity contribution >= 4 is 0 Å². The Morgan fingerprint density at radius 3 is 1.72 bits per heavy atom. The lowest BCUT2D eigenvalue weighted by Crippen LogP contribution is -1.79. The minimum Gasteiger partial charge on any atom is -0.0885 e. The van der Waals surface area contributed by atoms with E-state index >= 15 is 0 Å². The molecule has 0 aromatic rings. The third-order valence-electron chi connectivity index (χ3n) is 3.41. The largest absolute Gasteiger partial charge is 0.0885 e. The third kappa shape index (κ3) is 15.7. The summed E-state index contributed by atoms with van der Waals surface area (Å²) in [6, 6.07) is 0. The van der Waals surface area contributed by atoms with Crippen LogP contribution in [-0.4, -0.2) is 0 Å². The van der Waals surface area contributed by atoms with Crippen LogP contribution in [-0.2, 0) is 0 Å². The van der Waals surface area contributed by atoms with Gasteiger partial charge < -0.3 is 0 Å². The van der Waals surface area contributed by atoms with Gasteiger partial charge >= 0.3 is 0 Å². The Morgan fingerprint density at radius 1 is 0.500 bits per heavy atom. The molecule has 0 nitrogen and oxygen atoms in total. The fourth-order valence-electron chi connectivity index (χ4n) is 2.18. The first kappa shape index (κ1) is 17.7. The van der Waals surface area contributed by atoms with Gasteiger partial charge in [-0.2, -0.15) is 0 Å². The molecule has 0 saturated carbocycles. The summed E-state index contributed by atoms with van der Waals surface area (Å²) in [6.07, 6.45) is 25.0. The molecular weight excluding hydrogens is 216 g/mol. The summed E-state index contributed by atoms with van der Waals surface area (Å²) in [5.41, 5.74) is 0. The van der Waals surface area contributed by atoms with Gasteiger partial charge in [0.1, 0.15) is 0 Å². The molecule has 1 radical (unpaired) electrons. The van der Waals surface area contributed by atoms with Crippen LogP contribution >= 0.6 is 0 Å². The molecule has 0 aliphatic heterocycles. The molecule has 0 aromatic carbocycles. The fourth-order valence-corrected chi connectivity index (χ4v) is 2.18. The normalized spacial score (nSPS) is 11.4. The van der Waals surface area contributed by atoms with Crippen LogP contribution in [0.15, 0.2) is 12.2 Å². The molecule has 18 heavy (non-hydrogen) atoms. The predicted molar refractivity (Wildman–Crippen MR) is 84.8 cm³/mol. The first-order valence-electron chi connectivity index (χ1n) is 8.38. The van der Waals surface area contributed by atoms with Crippen molar-refractivity contribution in [1.82, 2.24) is 0 Å². The molecule has 0 heteroatoms. The summed E-state index contributed by atoms with van der Waals surface area (Å²) >= 11 is 0. The van der Waals surface area contributed by atoms with E-state index in [1.165, 1.54) is 83.5 Å². The second kappa shape index (κ2) is 16.7. The van der Waals surface area contributed by atoms with Gasteiger partial charge in [-0.25, -0.2) is 0 Å². The molecule has 0 heterocycles. The molecule has 0 saturated heterocycles. The molecule has 0 bridgehead atoms.